The van der Waals surface area contributed by atoms with Gasteiger partial charge in [0.25, 0.3) is 0 Å². The van der Waals surface area contributed by atoms with Crippen LogP contribution in [0.5, 0.6) is 0 Å². The summed E-state index contributed by atoms with van der Waals surface area (Å²) in [6.45, 7) is 18.0. The van der Waals surface area contributed by atoms with Crippen LogP contribution in [0, 0.1) is 12.7 Å². The first-order valence-corrected chi connectivity index (χ1v) is 12.9. The van der Waals surface area contributed by atoms with Crippen LogP contribution in [0.4, 0.5) is 0 Å². The monoisotopic (exact) mass is 609 g/mol. The molecule has 2 heterocycles. The smallest absolute Gasteiger partial charge is 0.876 e. The number of hydrogen-bond donors (Lipinski definition) is 0. The van der Waals surface area contributed by atoms with Crippen molar-refractivity contribution >= 4 is 0 Å². The summed E-state index contributed by atoms with van der Waals surface area (Å²) < 4.78 is 0. The van der Waals surface area contributed by atoms with Crippen molar-refractivity contribution in [1.82, 2.24) is 19.9 Å². The van der Waals surface area contributed by atoms with Gasteiger partial charge in [-0.25, -0.2) is 0 Å². The van der Waals surface area contributed by atoms with Crippen LogP contribution in [-0.2, 0) is 30.3 Å². The summed E-state index contributed by atoms with van der Waals surface area (Å²) in [4.78, 5) is 16.8. The third kappa shape index (κ3) is 12.0. The molecule has 0 saturated carbocycles. The van der Waals surface area contributed by atoms with Crippen molar-refractivity contribution in [3.63, 3.8) is 0 Å². The van der Waals surface area contributed by atoms with E-state index in [9.17, 15) is 5.11 Å². The summed E-state index contributed by atoms with van der Waals surface area (Å²) in [6.07, 6.45) is 7.01. The van der Waals surface area contributed by atoms with Gasteiger partial charge < -0.3 is 25.0 Å². The third-order valence-electron chi connectivity index (χ3n) is 5.43. The Bertz CT molecular complexity index is 1170. The van der Waals surface area contributed by atoms with Crippen molar-refractivity contribution in [2.45, 2.75) is 72.1 Å². The van der Waals surface area contributed by atoms with E-state index in [0.717, 1.165) is 40.3 Å². The molecule has 0 aliphatic rings. The van der Waals surface area contributed by atoms with Crippen molar-refractivity contribution in [2.75, 3.05) is 0 Å². The molecule has 1 radical (unpaired) electrons. The van der Waals surface area contributed by atoms with E-state index in [2.05, 4.69) is 80.7 Å². The topological polar surface area (TPSA) is 74.6 Å². The normalized spacial score (nSPS) is 10.6. The van der Waals surface area contributed by atoms with Crippen molar-refractivity contribution in [1.29, 1.82) is 0 Å². The summed E-state index contributed by atoms with van der Waals surface area (Å²) >= 11 is 0. The van der Waals surface area contributed by atoms with E-state index in [-0.39, 0.29) is 36.1 Å². The standard InChI is InChI=1S/2C14H15N2.C5H10O.Ru/c2*1-14(2,3)13-9-12(15-10-16-13)11-7-5-4-6-8-11;1-3-4-5(2)6;/h2*4-9H,1-3H3;6H,2-4H2,1H3;/q2*-1;;+3/p-1. The molecular weight excluding hydrogens is 569 g/mol. The zero-order valence-electron chi connectivity index (χ0n) is 24.1. The molecule has 0 bridgehead atoms. The molecule has 4 rings (SSSR count). The van der Waals surface area contributed by atoms with Crippen molar-refractivity contribution in [3.05, 3.63) is 109 Å². The molecule has 0 spiro atoms. The number of nitrogens with zero attached hydrogens (tertiary/aromatic N) is 4. The summed E-state index contributed by atoms with van der Waals surface area (Å²) in [6, 6.07) is 24.3. The molecule has 0 saturated heterocycles. The number of benzene rings is 2. The fraction of sp³-hybridized carbons (Fsp3) is 0.333. The van der Waals surface area contributed by atoms with Crippen LogP contribution in [0.3, 0.4) is 0 Å². The van der Waals surface area contributed by atoms with Gasteiger partial charge in [-0.05, 0) is 28.6 Å². The van der Waals surface area contributed by atoms with E-state index in [0.29, 0.717) is 6.42 Å². The number of rotatable bonds is 4. The quantitative estimate of drug-likeness (QED) is 0.140. The molecule has 2 aromatic carbocycles. The largest absolute Gasteiger partial charge is 3.00 e. The molecule has 2 aromatic heterocycles. The maximum absolute atomic E-state index is 9.93. The fourth-order valence-corrected chi connectivity index (χ4v) is 3.21. The minimum absolute atomic E-state index is 0. The van der Waals surface area contributed by atoms with E-state index in [1.165, 1.54) is 0 Å². The Labute approximate surface area is 247 Å². The van der Waals surface area contributed by atoms with E-state index < -0.39 is 0 Å². The minimum Gasteiger partial charge on any atom is -0.876 e. The Morgan fingerprint density at radius 2 is 1.05 bits per heavy atom. The summed E-state index contributed by atoms with van der Waals surface area (Å²) in [5.74, 6) is 0.0394. The van der Waals surface area contributed by atoms with Gasteiger partial charge in [-0.3, -0.25) is 0 Å². The van der Waals surface area contributed by atoms with Crippen LogP contribution in [0.2, 0.25) is 0 Å². The van der Waals surface area contributed by atoms with Gasteiger partial charge in [-0.2, -0.15) is 0 Å². The van der Waals surface area contributed by atoms with Gasteiger partial charge in [0.2, 0.25) is 0 Å². The molecule has 5 nitrogen and oxygen atoms in total. The second-order valence-corrected chi connectivity index (χ2v) is 11.0. The van der Waals surface area contributed by atoms with Crippen LogP contribution in [0.25, 0.3) is 22.5 Å². The van der Waals surface area contributed by atoms with Crippen LogP contribution >= 0.6 is 0 Å². The molecule has 6 heteroatoms. The average Bonchev–Trinajstić information content (AvgIpc) is 2.90. The first kappa shape index (κ1) is 33.8. The van der Waals surface area contributed by atoms with Gasteiger partial charge in [-0.1, -0.05) is 138 Å². The van der Waals surface area contributed by atoms with Gasteiger partial charge in [0.05, 0.1) is 0 Å². The summed E-state index contributed by atoms with van der Waals surface area (Å²) in [5, 5.41) is 9.93. The van der Waals surface area contributed by atoms with Gasteiger partial charge in [0.15, 0.2) is 0 Å². The third-order valence-corrected chi connectivity index (χ3v) is 5.43. The Hall–Kier alpha value is -3.24. The molecule has 0 aliphatic carbocycles. The Morgan fingerprint density at radius 1 is 0.692 bits per heavy atom. The van der Waals surface area contributed by atoms with Crippen LogP contribution < -0.4 is 5.11 Å². The van der Waals surface area contributed by atoms with Gasteiger partial charge in [0.1, 0.15) is 0 Å². The first-order valence-electron chi connectivity index (χ1n) is 12.9. The second kappa shape index (κ2) is 16.0. The van der Waals surface area contributed by atoms with Crippen molar-refractivity contribution < 1.29 is 24.6 Å². The second-order valence-electron chi connectivity index (χ2n) is 11.0. The number of aromatic nitrogens is 4. The molecular formula is C33H39N4ORu. The molecule has 0 aliphatic heterocycles. The molecule has 0 atom stereocenters. The van der Waals surface area contributed by atoms with E-state index in [1.807, 2.05) is 79.7 Å². The van der Waals surface area contributed by atoms with Gasteiger partial charge in [-0.15, -0.1) is 24.5 Å². The maximum atomic E-state index is 9.93. The van der Waals surface area contributed by atoms with Crippen LogP contribution in [-0.4, -0.2) is 19.9 Å². The van der Waals surface area contributed by atoms with Crippen LogP contribution in [0.1, 0.15) is 72.7 Å². The predicted molar refractivity (Wildman–Crippen MR) is 154 cm³/mol. The number of hydrogen-bond acceptors (Lipinski definition) is 5. The Morgan fingerprint density at radius 3 is 1.31 bits per heavy atom. The van der Waals surface area contributed by atoms with Crippen molar-refractivity contribution in [2.24, 2.45) is 0 Å². The fourth-order valence-electron chi connectivity index (χ4n) is 3.21. The van der Waals surface area contributed by atoms with E-state index in [1.54, 1.807) is 0 Å². The SMILES string of the molecule is C=C([O-])CCC.CC(C)(C)c1cc(-c2ccccc2)n[c-]n1.CC(C)(C)c1cc(-c2ccccc2)n[c-]n1.[Ru+3]. The average molecular weight is 609 g/mol. The van der Waals surface area contributed by atoms with E-state index >= 15 is 0 Å². The Balaban J connectivity index is 0.000000318. The zero-order chi connectivity index (χ0) is 28.2. The summed E-state index contributed by atoms with van der Waals surface area (Å²) in [7, 11) is 0. The minimum atomic E-state index is 0. The molecule has 4 aromatic rings. The molecule has 0 amide bonds. The molecule has 205 valence electrons. The molecule has 0 N–H and O–H groups in total. The van der Waals surface area contributed by atoms with E-state index in [4.69, 9.17) is 0 Å². The zero-order valence-corrected chi connectivity index (χ0v) is 25.8. The first-order chi connectivity index (χ1) is 17.9. The summed E-state index contributed by atoms with van der Waals surface area (Å²) in [5.41, 5.74) is 6.16. The number of allylic oxidation sites excluding steroid dienone is 1. The van der Waals surface area contributed by atoms with Crippen LogP contribution in [0.15, 0.2) is 85.1 Å². The molecule has 0 fully saturated rings. The predicted octanol–water partition coefficient (Wildman–Crippen LogP) is 7.14. The van der Waals surface area contributed by atoms with Gasteiger partial charge in [0, 0.05) is 12.7 Å². The molecule has 0 unspecified atom stereocenters. The Kier molecular flexibility index (Phi) is 13.9. The van der Waals surface area contributed by atoms with Gasteiger partial charge >= 0.3 is 19.5 Å². The molecule has 39 heavy (non-hydrogen) atoms. The van der Waals surface area contributed by atoms with Crippen molar-refractivity contribution in [3.8, 4) is 22.5 Å². The maximum Gasteiger partial charge on any atom is 3.00 e.